The lowest BCUT2D eigenvalue weighted by atomic mass is 10.0. The molecular weight excluding hydrogens is 282 g/mol. The van der Waals surface area contributed by atoms with Gasteiger partial charge in [-0.25, -0.2) is 0 Å². The third-order valence-corrected chi connectivity index (χ3v) is 3.88. The summed E-state index contributed by atoms with van der Waals surface area (Å²) in [6.07, 6.45) is 3.39. The molecule has 1 aromatic carbocycles. The Morgan fingerprint density at radius 2 is 2.06 bits per heavy atom. The highest BCUT2D eigenvalue weighted by molar-refractivity contribution is 9.10. The number of hydrogen-bond acceptors (Lipinski definition) is 3. The Hall–Kier alpha value is -0.740. The predicted molar refractivity (Wildman–Crippen MR) is 69.7 cm³/mol. The zero-order chi connectivity index (χ0) is 11.7. The maximum Gasteiger partial charge on any atom is 0.175 e. The molecule has 3 nitrogen and oxygen atoms in total. The maximum atomic E-state index is 5.75. The van der Waals surface area contributed by atoms with Gasteiger partial charge in [-0.05, 0) is 53.0 Å². The van der Waals surface area contributed by atoms with Crippen molar-refractivity contribution in [2.75, 3.05) is 19.8 Å². The summed E-state index contributed by atoms with van der Waals surface area (Å²) in [4.78, 5) is 0. The van der Waals surface area contributed by atoms with Gasteiger partial charge in [0.25, 0.3) is 0 Å². The van der Waals surface area contributed by atoms with E-state index in [0.29, 0.717) is 6.04 Å². The first-order valence-electron chi connectivity index (χ1n) is 6.17. The third kappa shape index (κ3) is 2.29. The summed E-state index contributed by atoms with van der Waals surface area (Å²) in [6, 6.07) is 4.73. The second-order valence-corrected chi connectivity index (χ2v) is 5.38. The van der Waals surface area contributed by atoms with Crippen LogP contribution in [-0.4, -0.2) is 19.8 Å². The van der Waals surface area contributed by atoms with Gasteiger partial charge in [-0.3, -0.25) is 0 Å². The second kappa shape index (κ2) is 4.86. The average Bonchev–Trinajstić information content (AvgIpc) is 2.75. The van der Waals surface area contributed by atoms with E-state index in [-0.39, 0.29) is 0 Å². The molecule has 92 valence electrons. The van der Waals surface area contributed by atoms with Gasteiger partial charge in [-0.2, -0.15) is 0 Å². The van der Waals surface area contributed by atoms with Gasteiger partial charge in [-0.1, -0.05) is 0 Å². The van der Waals surface area contributed by atoms with Gasteiger partial charge in [0, 0.05) is 12.5 Å². The molecule has 1 saturated heterocycles. The van der Waals surface area contributed by atoms with E-state index >= 15 is 0 Å². The van der Waals surface area contributed by atoms with Crippen molar-refractivity contribution in [3.8, 4) is 11.5 Å². The molecule has 1 fully saturated rings. The highest BCUT2D eigenvalue weighted by Crippen LogP contribution is 2.40. The fourth-order valence-corrected chi connectivity index (χ4v) is 3.00. The van der Waals surface area contributed by atoms with Gasteiger partial charge in [-0.15, -0.1) is 0 Å². The lowest BCUT2D eigenvalue weighted by molar-refractivity contribution is 0.296. The van der Waals surface area contributed by atoms with Gasteiger partial charge in [0.05, 0.1) is 17.7 Å². The molecule has 1 N–H and O–H groups in total. The molecule has 1 aromatic rings. The second-order valence-electron chi connectivity index (χ2n) is 4.53. The van der Waals surface area contributed by atoms with Crippen LogP contribution in [0.3, 0.4) is 0 Å². The zero-order valence-corrected chi connectivity index (χ0v) is 11.3. The van der Waals surface area contributed by atoms with Gasteiger partial charge < -0.3 is 14.8 Å². The predicted octanol–water partition coefficient (Wildman–Crippen LogP) is 3.03. The van der Waals surface area contributed by atoms with E-state index in [9.17, 15) is 0 Å². The minimum Gasteiger partial charge on any atom is -0.490 e. The topological polar surface area (TPSA) is 30.5 Å². The number of hydrogen-bond donors (Lipinski definition) is 1. The molecule has 17 heavy (non-hydrogen) atoms. The van der Waals surface area contributed by atoms with Crippen molar-refractivity contribution < 1.29 is 9.47 Å². The summed E-state index contributed by atoms with van der Waals surface area (Å²) in [5.41, 5.74) is 1.29. The number of halogens is 1. The van der Waals surface area contributed by atoms with Gasteiger partial charge >= 0.3 is 0 Å². The van der Waals surface area contributed by atoms with Crippen LogP contribution in [0.15, 0.2) is 16.6 Å². The molecule has 3 rings (SSSR count). The fourth-order valence-electron chi connectivity index (χ4n) is 2.42. The Kier molecular flexibility index (Phi) is 3.25. The molecule has 0 aliphatic carbocycles. The molecule has 1 unspecified atom stereocenters. The van der Waals surface area contributed by atoms with Crippen LogP contribution in [0, 0.1) is 0 Å². The Bertz CT molecular complexity index is 416. The number of fused-ring (bicyclic) bond motifs is 1. The molecule has 0 radical (unpaired) electrons. The molecule has 0 amide bonds. The van der Waals surface area contributed by atoms with Crippen molar-refractivity contribution in [2.24, 2.45) is 0 Å². The molecule has 0 aromatic heterocycles. The van der Waals surface area contributed by atoms with Gasteiger partial charge in [0.2, 0.25) is 0 Å². The number of ether oxygens (including phenoxy) is 2. The van der Waals surface area contributed by atoms with E-state index in [1.807, 2.05) is 0 Å². The van der Waals surface area contributed by atoms with Crippen molar-refractivity contribution in [3.63, 3.8) is 0 Å². The standard InChI is InChI=1S/C13H16BrNO2/c14-10-7-9(11-3-1-4-15-11)8-12-13(10)17-6-2-5-16-12/h7-8,11,15H,1-6H2. The van der Waals surface area contributed by atoms with E-state index in [0.717, 1.165) is 42.2 Å². The molecular formula is C13H16BrNO2. The van der Waals surface area contributed by atoms with Crippen molar-refractivity contribution in [2.45, 2.75) is 25.3 Å². The van der Waals surface area contributed by atoms with Crippen LogP contribution >= 0.6 is 15.9 Å². The number of rotatable bonds is 1. The van der Waals surface area contributed by atoms with E-state index in [1.165, 1.54) is 18.4 Å². The summed E-state index contributed by atoms with van der Waals surface area (Å²) >= 11 is 3.58. The van der Waals surface area contributed by atoms with Crippen LogP contribution in [0.25, 0.3) is 0 Å². The molecule has 0 saturated carbocycles. The lowest BCUT2D eigenvalue weighted by Gasteiger charge is -2.15. The molecule has 2 aliphatic rings. The average molecular weight is 298 g/mol. The van der Waals surface area contributed by atoms with E-state index in [4.69, 9.17) is 9.47 Å². The largest absolute Gasteiger partial charge is 0.490 e. The summed E-state index contributed by atoms with van der Waals surface area (Å²) < 4.78 is 12.5. The molecule has 1 atom stereocenters. The minimum atomic E-state index is 0.462. The van der Waals surface area contributed by atoms with Crippen LogP contribution in [0.5, 0.6) is 11.5 Å². The normalized spacial score (nSPS) is 23.5. The van der Waals surface area contributed by atoms with E-state index < -0.39 is 0 Å². The third-order valence-electron chi connectivity index (χ3n) is 3.29. The molecule has 2 heterocycles. The molecule has 2 aliphatic heterocycles. The monoisotopic (exact) mass is 297 g/mol. The SMILES string of the molecule is Brc1cc(C2CCCN2)cc2c1OCCCO2. The Morgan fingerprint density at radius 3 is 2.88 bits per heavy atom. The van der Waals surface area contributed by atoms with Crippen LogP contribution in [0.2, 0.25) is 0 Å². The summed E-state index contributed by atoms with van der Waals surface area (Å²) in [5.74, 6) is 1.73. The summed E-state index contributed by atoms with van der Waals surface area (Å²) in [5, 5.41) is 3.51. The van der Waals surface area contributed by atoms with Crippen molar-refractivity contribution in [1.82, 2.24) is 5.32 Å². The number of benzene rings is 1. The first-order chi connectivity index (χ1) is 8.34. The smallest absolute Gasteiger partial charge is 0.175 e. The Morgan fingerprint density at radius 1 is 1.18 bits per heavy atom. The molecule has 0 spiro atoms. The summed E-state index contributed by atoms with van der Waals surface area (Å²) in [7, 11) is 0. The van der Waals surface area contributed by atoms with Crippen LogP contribution in [0.1, 0.15) is 30.9 Å². The highest BCUT2D eigenvalue weighted by atomic mass is 79.9. The Balaban J connectivity index is 1.96. The van der Waals surface area contributed by atoms with Crippen molar-refractivity contribution >= 4 is 15.9 Å². The van der Waals surface area contributed by atoms with E-state index in [1.54, 1.807) is 0 Å². The maximum absolute atomic E-state index is 5.75. The zero-order valence-electron chi connectivity index (χ0n) is 9.67. The molecule has 0 bridgehead atoms. The van der Waals surface area contributed by atoms with Crippen molar-refractivity contribution in [1.29, 1.82) is 0 Å². The van der Waals surface area contributed by atoms with Crippen LogP contribution < -0.4 is 14.8 Å². The van der Waals surface area contributed by atoms with Crippen LogP contribution in [-0.2, 0) is 0 Å². The number of nitrogens with one attached hydrogen (secondary N) is 1. The molecule has 4 heteroatoms. The lowest BCUT2D eigenvalue weighted by Crippen LogP contribution is -2.13. The first kappa shape index (κ1) is 11.4. The summed E-state index contributed by atoms with van der Waals surface area (Å²) in [6.45, 7) is 2.57. The Labute approximate surface area is 110 Å². The minimum absolute atomic E-state index is 0.462. The highest BCUT2D eigenvalue weighted by Gasteiger charge is 2.21. The quantitative estimate of drug-likeness (QED) is 0.864. The van der Waals surface area contributed by atoms with Gasteiger partial charge in [0.1, 0.15) is 0 Å². The van der Waals surface area contributed by atoms with Crippen molar-refractivity contribution in [3.05, 3.63) is 22.2 Å². The van der Waals surface area contributed by atoms with Gasteiger partial charge in [0.15, 0.2) is 11.5 Å². The van der Waals surface area contributed by atoms with E-state index in [2.05, 4.69) is 33.4 Å². The van der Waals surface area contributed by atoms with Crippen LogP contribution in [0.4, 0.5) is 0 Å². The first-order valence-corrected chi connectivity index (χ1v) is 6.96. The fraction of sp³-hybridized carbons (Fsp3) is 0.538.